The maximum Gasteiger partial charge on any atom is 0.306 e. The topological polar surface area (TPSA) is 229 Å². The molecule has 1 aromatic rings. The average Bonchev–Trinajstić information content (AvgIpc) is 3.20. The Balaban J connectivity index is 3.38. The van der Waals surface area contributed by atoms with Crippen molar-refractivity contribution in [3.05, 3.63) is 35.4 Å². The highest BCUT2D eigenvalue weighted by molar-refractivity contribution is 5.97. The molecule has 1 rings (SSSR count). The Morgan fingerprint density at radius 3 is 1.76 bits per heavy atom. The van der Waals surface area contributed by atoms with E-state index < -0.39 is 88.2 Å². The minimum Gasteiger partial charge on any atom is -0.460 e. The van der Waals surface area contributed by atoms with Crippen LogP contribution in [0.3, 0.4) is 0 Å². The maximum absolute atomic E-state index is 14.5. The number of esters is 1. The fraction of sp³-hybridized carbons (Fsp3) is 0.740. The van der Waals surface area contributed by atoms with Gasteiger partial charge in [-0.25, -0.2) is 0 Å². The van der Waals surface area contributed by atoms with Crippen molar-refractivity contribution in [3.8, 4) is 0 Å². The second kappa shape index (κ2) is 28.7. The smallest absolute Gasteiger partial charge is 0.306 e. The van der Waals surface area contributed by atoms with E-state index in [1.54, 1.807) is 90.4 Å². The Morgan fingerprint density at radius 1 is 0.627 bits per heavy atom. The summed E-state index contributed by atoms with van der Waals surface area (Å²) in [4.78, 5) is 95.8. The van der Waals surface area contributed by atoms with Gasteiger partial charge in [-0.2, -0.15) is 0 Å². The van der Waals surface area contributed by atoms with Gasteiger partial charge in [0, 0.05) is 33.6 Å². The van der Waals surface area contributed by atoms with Crippen LogP contribution >= 0.6 is 0 Å². The molecule has 6 amide bonds. The van der Waals surface area contributed by atoms with Crippen LogP contribution in [0.4, 0.5) is 0 Å². The van der Waals surface area contributed by atoms with E-state index >= 15 is 0 Å². The molecule has 17 nitrogen and oxygen atoms in total. The molecule has 0 aromatic heterocycles. The van der Waals surface area contributed by atoms with Gasteiger partial charge in [0.1, 0.15) is 35.8 Å². The van der Waals surface area contributed by atoms with Crippen LogP contribution in [0.2, 0.25) is 0 Å². The quantitative estimate of drug-likeness (QED) is 0.0375. The van der Waals surface area contributed by atoms with Gasteiger partial charge in [0.2, 0.25) is 35.4 Å². The number of aryl methyl sites for hydroxylation is 1. The second-order valence-electron chi connectivity index (χ2n) is 21.1. The molecule has 67 heavy (non-hydrogen) atoms. The summed E-state index contributed by atoms with van der Waals surface area (Å²) in [7, 11) is 3.19. The molecule has 0 bridgehead atoms. The predicted octanol–water partition coefficient (Wildman–Crippen LogP) is 4.94. The van der Waals surface area contributed by atoms with Crippen molar-refractivity contribution >= 4 is 41.4 Å². The largest absolute Gasteiger partial charge is 0.460 e. The molecule has 17 heteroatoms. The summed E-state index contributed by atoms with van der Waals surface area (Å²) >= 11 is 0. The molecule has 0 unspecified atom stereocenters. The molecule has 0 spiro atoms. The summed E-state index contributed by atoms with van der Waals surface area (Å²) in [6.07, 6.45) is 2.83. The van der Waals surface area contributed by atoms with Crippen LogP contribution in [0.25, 0.3) is 0 Å². The Kier molecular flexibility index (Phi) is 25.8. The van der Waals surface area contributed by atoms with Crippen molar-refractivity contribution in [2.24, 2.45) is 17.3 Å². The number of unbranched alkanes of at least 4 members (excludes halogenated alkanes) is 2. The molecule has 0 aliphatic carbocycles. The molecule has 0 aliphatic heterocycles. The van der Waals surface area contributed by atoms with Crippen LogP contribution in [-0.4, -0.2) is 116 Å². The summed E-state index contributed by atoms with van der Waals surface area (Å²) in [6.45, 7) is 25.3. The lowest BCUT2D eigenvalue weighted by molar-refractivity contribution is -0.155. The van der Waals surface area contributed by atoms with Crippen molar-refractivity contribution in [1.29, 1.82) is 0 Å². The molecular formula is C50H86N6O11. The molecule has 0 saturated heterocycles. The first-order valence-electron chi connectivity index (χ1n) is 23.7. The predicted molar refractivity (Wildman–Crippen MR) is 258 cm³/mol. The zero-order valence-electron chi connectivity index (χ0n) is 43.5. The number of hydrogen-bond acceptors (Lipinski definition) is 11. The summed E-state index contributed by atoms with van der Waals surface area (Å²) in [5.41, 5.74) is -0.622. The van der Waals surface area contributed by atoms with Crippen LogP contribution < -0.4 is 31.9 Å². The summed E-state index contributed by atoms with van der Waals surface area (Å²) in [6, 6.07) is 1.77. The molecular weight excluding hydrogens is 861 g/mol. The minimum absolute atomic E-state index is 0.0488. The lowest BCUT2D eigenvalue weighted by Crippen LogP contribution is -2.62. The maximum atomic E-state index is 14.5. The molecule has 5 atom stereocenters. The molecule has 0 saturated carbocycles. The Labute approximate surface area is 400 Å². The zero-order valence-corrected chi connectivity index (χ0v) is 43.5. The third-order valence-corrected chi connectivity index (χ3v) is 10.6. The van der Waals surface area contributed by atoms with Crippen molar-refractivity contribution < 1.29 is 52.5 Å². The molecule has 0 fully saturated rings. The molecule has 6 N–H and O–H groups in total. The molecule has 382 valence electrons. The number of rotatable bonds is 28. The van der Waals surface area contributed by atoms with Crippen molar-refractivity contribution in [1.82, 2.24) is 31.9 Å². The van der Waals surface area contributed by atoms with Crippen molar-refractivity contribution in [2.75, 3.05) is 27.4 Å². The SMILES string of the molecule is COC(CCCCCNC(=O)[C@H](CC(C)C)NC(=O)[C@@H](NC(=O)[C@H](Cc1ccccc1C)NC(=O)[C@H](NC(=O)[C@H](COC(C)(C)C)NC(=O)CCC(=O)OC(C)(C)C)C(C)C)C(C)(C)C)OC. The van der Waals surface area contributed by atoms with Crippen LogP contribution in [0.1, 0.15) is 146 Å². The fourth-order valence-corrected chi connectivity index (χ4v) is 6.87. The first-order chi connectivity index (χ1) is 31.0. The van der Waals surface area contributed by atoms with E-state index in [0.717, 1.165) is 36.8 Å². The van der Waals surface area contributed by atoms with Gasteiger partial charge >= 0.3 is 5.97 Å². The number of ether oxygens (including phenoxy) is 4. The Hall–Kier alpha value is -4.61. The minimum atomic E-state index is -1.24. The van der Waals surface area contributed by atoms with Crippen molar-refractivity contribution in [2.45, 2.75) is 196 Å². The van der Waals surface area contributed by atoms with Gasteiger partial charge in [-0.15, -0.1) is 0 Å². The van der Waals surface area contributed by atoms with E-state index in [0.29, 0.717) is 13.0 Å². The van der Waals surface area contributed by atoms with Crippen LogP contribution in [0, 0.1) is 24.2 Å². The first kappa shape index (κ1) is 60.4. The van der Waals surface area contributed by atoms with Gasteiger partial charge in [0.15, 0.2) is 6.29 Å². The zero-order chi connectivity index (χ0) is 51.3. The van der Waals surface area contributed by atoms with Crippen LogP contribution in [-0.2, 0) is 58.9 Å². The molecule has 0 heterocycles. The van der Waals surface area contributed by atoms with E-state index in [1.165, 1.54) is 0 Å². The van der Waals surface area contributed by atoms with Gasteiger partial charge in [0.05, 0.1) is 18.6 Å². The normalized spacial score (nSPS) is 14.4. The fourth-order valence-electron chi connectivity index (χ4n) is 6.87. The molecule has 0 aliphatic rings. The first-order valence-corrected chi connectivity index (χ1v) is 23.7. The van der Waals surface area contributed by atoms with Gasteiger partial charge < -0.3 is 50.8 Å². The highest BCUT2D eigenvalue weighted by Crippen LogP contribution is 2.21. The highest BCUT2D eigenvalue weighted by Gasteiger charge is 2.38. The van der Waals surface area contributed by atoms with Gasteiger partial charge in [-0.1, -0.05) is 79.2 Å². The number of amides is 6. The van der Waals surface area contributed by atoms with Crippen LogP contribution in [0.15, 0.2) is 24.3 Å². The Bertz CT molecular complexity index is 1740. The standard InChI is InChI=1S/C50H86N6O11/c1-31(2)28-35(43(59)51-27-21-17-18-24-40(64-15)65-16)54-47(63)42(48(6,7)8)56-44(60)36(29-34-23-20-19-22-33(34)5)53-46(62)41(32(3)4)55-45(61)37(30-66-49(9,10)11)52-38(57)25-26-39(58)67-50(12,13)14/h19-20,22-23,31-32,35-37,40-42H,17-18,21,24-30H2,1-16H3,(H,51,59)(H,52,57)(H,53,62)(H,54,63)(H,55,61)(H,56,60)/t35-,36-,37-,41+,42+/m0/s1. The summed E-state index contributed by atoms with van der Waals surface area (Å²) in [5.74, 6) is -4.52. The van der Waals surface area contributed by atoms with Gasteiger partial charge in [-0.05, 0) is 103 Å². The lowest BCUT2D eigenvalue weighted by Gasteiger charge is -2.34. The molecule has 0 radical (unpaired) electrons. The number of carbonyl (C=O) groups is 7. The van der Waals surface area contributed by atoms with E-state index in [1.807, 2.05) is 45.0 Å². The van der Waals surface area contributed by atoms with Gasteiger partial charge in [-0.3, -0.25) is 33.6 Å². The number of hydrogen-bond donors (Lipinski definition) is 6. The van der Waals surface area contributed by atoms with Gasteiger partial charge in [0.25, 0.3) is 0 Å². The summed E-state index contributed by atoms with van der Waals surface area (Å²) in [5, 5.41) is 17.0. The van der Waals surface area contributed by atoms with E-state index in [9.17, 15) is 33.6 Å². The second-order valence-corrected chi connectivity index (χ2v) is 21.1. The Morgan fingerprint density at radius 2 is 1.22 bits per heavy atom. The van der Waals surface area contributed by atoms with Crippen molar-refractivity contribution in [3.63, 3.8) is 0 Å². The number of carbonyl (C=O) groups excluding carboxylic acids is 7. The highest BCUT2D eigenvalue weighted by atomic mass is 16.7. The summed E-state index contributed by atoms with van der Waals surface area (Å²) < 4.78 is 21.7. The van der Waals surface area contributed by atoms with E-state index in [-0.39, 0.29) is 44.0 Å². The number of methoxy groups -OCH3 is 2. The average molecular weight is 947 g/mol. The number of nitrogens with one attached hydrogen (secondary N) is 6. The van der Waals surface area contributed by atoms with Crippen LogP contribution in [0.5, 0.6) is 0 Å². The van der Waals surface area contributed by atoms with E-state index in [4.69, 9.17) is 18.9 Å². The monoisotopic (exact) mass is 947 g/mol. The third kappa shape index (κ3) is 24.8. The third-order valence-electron chi connectivity index (χ3n) is 10.6. The lowest BCUT2D eigenvalue weighted by atomic mass is 9.85. The number of benzene rings is 1. The van der Waals surface area contributed by atoms with E-state index in [2.05, 4.69) is 31.9 Å². The molecule has 1 aromatic carbocycles.